The van der Waals surface area contributed by atoms with E-state index in [9.17, 15) is 0 Å². The van der Waals surface area contributed by atoms with Crippen LogP contribution in [0.5, 0.6) is 0 Å². The van der Waals surface area contributed by atoms with Gasteiger partial charge in [-0.1, -0.05) is 160 Å². The quantitative estimate of drug-likeness (QED) is 0.186. The molecule has 0 atom stereocenters. The molecule has 30 heavy (non-hydrogen) atoms. The number of unbranched alkanes of at least 4 members (excludes halogenated alkanes) is 17. The third-order valence-corrected chi connectivity index (χ3v) is 6.49. The first-order valence-corrected chi connectivity index (χ1v) is 13.6. The van der Waals surface area contributed by atoms with Crippen LogP contribution < -0.4 is 0 Å². The monoisotopic (exact) mass is 414 g/mol. The van der Waals surface area contributed by atoms with Gasteiger partial charge in [-0.05, 0) is 30.2 Å². The molecule has 0 aliphatic heterocycles. The highest BCUT2D eigenvalue weighted by Crippen LogP contribution is 2.22. The molecule has 0 amide bonds. The average molecular weight is 415 g/mol. The van der Waals surface area contributed by atoms with Crippen molar-refractivity contribution in [2.75, 3.05) is 0 Å². The van der Waals surface area contributed by atoms with Gasteiger partial charge in [0, 0.05) is 0 Å². The predicted molar refractivity (Wildman–Crippen MR) is 137 cm³/mol. The van der Waals surface area contributed by atoms with E-state index >= 15 is 0 Å². The van der Waals surface area contributed by atoms with Gasteiger partial charge in [0.1, 0.15) is 0 Å². The molecule has 1 aromatic rings. The second kappa shape index (κ2) is 18.9. The van der Waals surface area contributed by atoms with Crippen molar-refractivity contribution in [3.05, 3.63) is 35.9 Å². The maximum absolute atomic E-state index is 2.36. The third-order valence-electron chi connectivity index (χ3n) is 6.49. The summed E-state index contributed by atoms with van der Waals surface area (Å²) in [7, 11) is 0. The molecule has 0 fully saturated rings. The summed E-state index contributed by atoms with van der Waals surface area (Å²) in [5, 5.41) is 0. The highest BCUT2D eigenvalue weighted by molar-refractivity contribution is 5.14. The smallest absolute Gasteiger partial charge is 0.0279 e. The summed E-state index contributed by atoms with van der Waals surface area (Å²) in [5.74, 6) is 0. The van der Waals surface area contributed by atoms with Crippen LogP contribution in [0.2, 0.25) is 0 Å². The van der Waals surface area contributed by atoms with Crippen LogP contribution in [0.15, 0.2) is 30.3 Å². The van der Waals surface area contributed by atoms with Crippen molar-refractivity contribution in [1.82, 2.24) is 0 Å². The molecule has 1 rings (SSSR count). The van der Waals surface area contributed by atoms with Crippen LogP contribution >= 0.6 is 0 Å². The molecule has 0 radical (unpaired) electrons. The Kier molecular flexibility index (Phi) is 17.2. The molecule has 0 saturated carbocycles. The minimum Gasteiger partial charge on any atom is -0.0622 e. The fourth-order valence-electron chi connectivity index (χ4n) is 4.46. The molecule has 0 N–H and O–H groups in total. The zero-order chi connectivity index (χ0) is 21.8. The Morgan fingerprint density at radius 2 is 0.767 bits per heavy atom. The number of hydrogen-bond donors (Lipinski definition) is 0. The number of aryl methyl sites for hydroxylation is 1. The van der Waals surface area contributed by atoms with Crippen molar-refractivity contribution >= 4 is 0 Å². The summed E-state index contributed by atoms with van der Waals surface area (Å²) in [6.45, 7) is 7.09. The fraction of sp³-hybridized carbons (Fsp3) is 0.800. The molecule has 0 bridgehead atoms. The van der Waals surface area contributed by atoms with Gasteiger partial charge >= 0.3 is 0 Å². The topological polar surface area (TPSA) is 0 Å². The summed E-state index contributed by atoms with van der Waals surface area (Å²) in [5.41, 5.74) is 2.03. The molecule has 0 heterocycles. The Hall–Kier alpha value is -0.780. The van der Waals surface area contributed by atoms with Crippen LogP contribution in [0.3, 0.4) is 0 Å². The summed E-state index contributed by atoms with van der Waals surface area (Å²) in [6, 6.07) is 11.0. The maximum atomic E-state index is 2.36. The maximum Gasteiger partial charge on any atom is -0.0279 e. The van der Waals surface area contributed by atoms with Gasteiger partial charge in [-0.15, -0.1) is 0 Å². The van der Waals surface area contributed by atoms with E-state index in [2.05, 4.69) is 51.1 Å². The normalized spacial score (nSPS) is 11.8. The first-order chi connectivity index (χ1) is 14.6. The van der Waals surface area contributed by atoms with Crippen molar-refractivity contribution < 1.29 is 0 Å². The van der Waals surface area contributed by atoms with Crippen LogP contribution in [0.25, 0.3) is 0 Å². The molecule has 0 heteroatoms. The Morgan fingerprint density at radius 3 is 1.13 bits per heavy atom. The van der Waals surface area contributed by atoms with E-state index < -0.39 is 0 Å². The van der Waals surface area contributed by atoms with Crippen molar-refractivity contribution in [2.45, 2.75) is 149 Å². The van der Waals surface area contributed by atoms with Gasteiger partial charge in [-0.2, -0.15) is 0 Å². The Morgan fingerprint density at radius 1 is 0.433 bits per heavy atom. The van der Waals surface area contributed by atoms with Gasteiger partial charge in [0.15, 0.2) is 0 Å². The summed E-state index contributed by atoms with van der Waals surface area (Å²) in [6.07, 6.45) is 28.8. The lowest BCUT2D eigenvalue weighted by molar-refractivity contribution is 0.356. The molecule has 0 nitrogen and oxygen atoms in total. The molecule has 0 aliphatic rings. The first kappa shape index (κ1) is 27.3. The number of hydrogen-bond acceptors (Lipinski definition) is 0. The highest BCUT2D eigenvalue weighted by Gasteiger charge is 2.08. The zero-order valence-corrected chi connectivity index (χ0v) is 21.0. The van der Waals surface area contributed by atoms with Gasteiger partial charge in [-0.25, -0.2) is 0 Å². The van der Waals surface area contributed by atoms with E-state index in [1.165, 1.54) is 134 Å². The summed E-state index contributed by atoms with van der Waals surface area (Å²) in [4.78, 5) is 0. The van der Waals surface area contributed by atoms with Gasteiger partial charge in [0.25, 0.3) is 0 Å². The molecule has 0 aromatic heterocycles. The van der Waals surface area contributed by atoms with Crippen molar-refractivity contribution in [2.24, 2.45) is 5.41 Å². The fourth-order valence-corrected chi connectivity index (χ4v) is 4.46. The van der Waals surface area contributed by atoms with Gasteiger partial charge in [-0.3, -0.25) is 0 Å². The Balaban J connectivity index is 1.68. The van der Waals surface area contributed by atoms with E-state index in [-0.39, 0.29) is 0 Å². The number of rotatable bonds is 20. The van der Waals surface area contributed by atoms with E-state index in [0.29, 0.717) is 5.41 Å². The van der Waals surface area contributed by atoms with Gasteiger partial charge in [0.2, 0.25) is 0 Å². The first-order valence-electron chi connectivity index (χ1n) is 13.6. The second-order valence-electron chi connectivity index (χ2n) is 10.9. The van der Waals surface area contributed by atoms with Crippen LogP contribution in [0, 0.1) is 5.41 Å². The molecule has 0 spiro atoms. The van der Waals surface area contributed by atoms with E-state index in [0.717, 1.165) is 0 Å². The van der Waals surface area contributed by atoms with Gasteiger partial charge in [0.05, 0.1) is 0 Å². The second-order valence-corrected chi connectivity index (χ2v) is 10.9. The van der Waals surface area contributed by atoms with Crippen molar-refractivity contribution in [1.29, 1.82) is 0 Å². The lowest BCUT2D eigenvalue weighted by Crippen LogP contribution is -2.03. The van der Waals surface area contributed by atoms with Crippen LogP contribution in [-0.2, 0) is 6.42 Å². The van der Waals surface area contributed by atoms with E-state index in [1.807, 2.05) is 0 Å². The average Bonchev–Trinajstić information content (AvgIpc) is 2.72. The van der Waals surface area contributed by atoms with E-state index in [4.69, 9.17) is 0 Å². The molecule has 1 aromatic carbocycles. The lowest BCUT2D eigenvalue weighted by atomic mass is 9.89. The Labute approximate surface area is 190 Å². The molecular formula is C30H54. The standard InChI is InChI=1S/C30H54/c1-30(2,3)28-24-19-17-15-13-11-9-7-5-4-6-8-10-12-14-16-18-21-25-29-26-22-20-23-27-29/h20,22-23,26-27H,4-19,21,24-25,28H2,1-3H3. The molecular weight excluding hydrogens is 360 g/mol. The van der Waals surface area contributed by atoms with Crippen LogP contribution in [0.4, 0.5) is 0 Å². The van der Waals surface area contributed by atoms with Crippen molar-refractivity contribution in [3.63, 3.8) is 0 Å². The molecule has 0 saturated heterocycles. The van der Waals surface area contributed by atoms with Crippen LogP contribution in [-0.4, -0.2) is 0 Å². The zero-order valence-electron chi connectivity index (χ0n) is 21.0. The van der Waals surface area contributed by atoms with Gasteiger partial charge < -0.3 is 0 Å². The molecule has 0 aliphatic carbocycles. The highest BCUT2D eigenvalue weighted by atomic mass is 14.1. The minimum atomic E-state index is 0.530. The van der Waals surface area contributed by atoms with Crippen LogP contribution in [0.1, 0.15) is 148 Å². The third kappa shape index (κ3) is 19.2. The number of benzene rings is 1. The summed E-state index contributed by atoms with van der Waals surface area (Å²) < 4.78 is 0. The SMILES string of the molecule is CC(C)(C)CCCCCCCCCCCCCCCCCCCCc1ccccc1. The lowest BCUT2D eigenvalue weighted by Gasteiger charge is -2.17. The Bertz CT molecular complexity index is 453. The molecule has 0 unspecified atom stereocenters. The molecule has 174 valence electrons. The van der Waals surface area contributed by atoms with E-state index in [1.54, 1.807) is 0 Å². The largest absolute Gasteiger partial charge is 0.0622 e. The summed E-state index contributed by atoms with van der Waals surface area (Å²) >= 11 is 0. The predicted octanol–water partition coefficient (Wildman–Crippen LogP) is 10.7. The minimum absolute atomic E-state index is 0.530. The van der Waals surface area contributed by atoms with Crippen molar-refractivity contribution in [3.8, 4) is 0 Å².